The minimum Gasteiger partial charge on any atom is -0.507 e. The van der Waals surface area contributed by atoms with Gasteiger partial charge in [0.1, 0.15) is 5.76 Å². The van der Waals surface area contributed by atoms with Crippen molar-refractivity contribution < 1.29 is 19.6 Å². The SMILES string of the molecule is Cc1ccc(C(O)=C2C(=O)C(=O)N(CCc3ccccc3)[C@H]2c2ccc([N+](=O)[O-])cc2)cc1. The number of hydrogen-bond donors (Lipinski definition) is 1. The van der Waals surface area contributed by atoms with E-state index in [1.165, 1.54) is 29.2 Å². The van der Waals surface area contributed by atoms with Gasteiger partial charge in [-0.15, -0.1) is 0 Å². The zero-order valence-electron chi connectivity index (χ0n) is 18.0. The third-order valence-corrected chi connectivity index (χ3v) is 5.77. The highest BCUT2D eigenvalue weighted by Crippen LogP contribution is 2.39. The lowest BCUT2D eigenvalue weighted by Crippen LogP contribution is -2.31. The Labute approximate surface area is 190 Å². The van der Waals surface area contributed by atoms with Crippen LogP contribution in [0.2, 0.25) is 0 Å². The summed E-state index contributed by atoms with van der Waals surface area (Å²) in [7, 11) is 0. The van der Waals surface area contributed by atoms with Gasteiger partial charge in [-0.25, -0.2) is 0 Å². The molecular weight excluding hydrogens is 420 g/mol. The molecule has 0 saturated carbocycles. The van der Waals surface area contributed by atoms with Crippen molar-refractivity contribution in [3.63, 3.8) is 0 Å². The van der Waals surface area contributed by atoms with Crippen molar-refractivity contribution in [1.29, 1.82) is 0 Å². The topological polar surface area (TPSA) is 101 Å². The molecule has 1 amide bonds. The van der Waals surface area contributed by atoms with Crippen molar-refractivity contribution in [2.24, 2.45) is 0 Å². The molecule has 1 fully saturated rings. The van der Waals surface area contributed by atoms with Gasteiger partial charge in [-0.3, -0.25) is 19.7 Å². The molecule has 1 atom stereocenters. The molecule has 0 unspecified atom stereocenters. The van der Waals surface area contributed by atoms with E-state index < -0.39 is 22.7 Å². The Kier molecular flexibility index (Phi) is 6.04. The van der Waals surface area contributed by atoms with E-state index in [-0.39, 0.29) is 23.6 Å². The van der Waals surface area contributed by atoms with Crippen LogP contribution in [0.15, 0.2) is 84.4 Å². The van der Waals surface area contributed by atoms with Crippen LogP contribution in [0.5, 0.6) is 0 Å². The van der Waals surface area contributed by atoms with Crippen molar-refractivity contribution in [3.8, 4) is 0 Å². The average Bonchev–Trinajstić information content (AvgIpc) is 3.08. The molecule has 0 aliphatic carbocycles. The van der Waals surface area contributed by atoms with Crippen LogP contribution in [-0.4, -0.2) is 33.2 Å². The van der Waals surface area contributed by atoms with E-state index in [9.17, 15) is 24.8 Å². The summed E-state index contributed by atoms with van der Waals surface area (Å²) in [5.74, 6) is -1.74. The van der Waals surface area contributed by atoms with Crippen LogP contribution in [0.4, 0.5) is 5.69 Å². The Hall–Kier alpha value is -4.26. The number of hydrogen-bond acceptors (Lipinski definition) is 5. The standard InChI is InChI=1S/C26H22N2O5/c1-17-7-9-20(10-8-17)24(29)22-23(19-11-13-21(14-12-19)28(32)33)27(26(31)25(22)30)16-15-18-5-3-2-4-6-18/h2-14,23,29H,15-16H2,1H3/t23-/m0/s1. The summed E-state index contributed by atoms with van der Waals surface area (Å²) in [5.41, 5.74) is 2.81. The van der Waals surface area contributed by atoms with Crippen molar-refractivity contribution in [3.05, 3.63) is 117 Å². The fraction of sp³-hybridized carbons (Fsp3) is 0.154. The highest BCUT2D eigenvalue weighted by atomic mass is 16.6. The number of nitro benzene ring substituents is 1. The molecule has 1 aliphatic rings. The number of ketones is 1. The number of carbonyl (C=O) groups is 2. The maximum Gasteiger partial charge on any atom is 0.295 e. The van der Waals surface area contributed by atoms with Gasteiger partial charge in [-0.05, 0) is 36.6 Å². The molecule has 3 aromatic rings. The normalized spacial score (nSPS) is 17.4. The Morgan fingerprint density at radius 2 is 1.61 bits per heavy atom. The van der Waals surface area contributed by atoms with Gasteiger partial charge in [0, 0.05) is 24.2 Å². The van der Waals surface area contributed by atoms with Gasteiger partial charge in [0.2, 0.25) is 0 Å². The zero-order valence-corrected chi connectivity index (χ0v) is 18.0. The van der Waals surface area contributed by atoms with E-state index in [1.54, 1.807) is 24.3 Å². The molecule has 3 aromatic carbocycles. The predicted octanol–water partition coefficient (Wildman–Crippen LogP) is 4.57. The van der Waals surface area contributed by atoms with Crippen molar-refractivity contribution in [1.82, 2.24) is 4.90 Å². The molecular formula is C26H22N2O5. The summed E-state index contributed by atoms with van der Waals surface area (Å²) in [6, 6.07) is 21.4. The first-order valence-corrected chi connectivity index (χ1v) is 10.5. The number of aliphatic hydroxyl groups excluding tert-OH is 1. The first-order chi connectivity index (χ1) is 15.9. The van der Waals surface area contributed by atoms with E-state index in [4.69, 9.17) is 0 Å². The molecule has 33 heavy (non-hydrogen) atoms. The van der Waals surface area contributed by atoms with Gasteiger partial charge < -0.3 is 10.0 Å². The van der Waals surface area contributed by atoms with Gasteiger partial charge in [-0.2, -0.15) is 0 Å². The van der Waals surface area contributed by atoms with Gasteiger partial charge >= 0.3 is 0 Å². The van der Waals surface area contributed by atoms with Crippen LogP contribution in [-0.2, 0) is 16.0 Å². The second-order valence-electron chi connectivity index (χ2n) is 7.94. The minimum atomic E-state index is -0.851. The molecule has 0 radical (unpaired) electrons. The molecule has 1 heterocycles. The summed E-state index contributed by atoms with van der Waals surface area (Å²) < 4.78 is 0. The van der Waals surface area contributed by atoms with Crippen LogP contribution in [0.3, 0.4) is 0 Å². The summed E-state index contributed by atoms with van der Waals surface area (Å²) in [5, 5.41) is 22.1. The van der Waals surface area contributed by atoms with Crippen LogP contribution >= 0.6 is 0 Å². The lowest BCUT2D eigenvalue weighted by atomic mass is 9.94. The number of carbonyl (C=O) groups excluding carboxylic acids is 2. The molecule has 0 bridgehead atoms. The highest BCUT2D eigenvalue weighted by Gasteiger charge is 2.45. The predicted molar refractivity (Wildman–Crippen MR) is 123 cm³/mol. The summed E-state index contributed by atoms with van der Waals surface area (Å²) >= 11 is 0. The summed E-state index contributed by atoms with van der Waals surface area (Å²) in [4.78, 5) is 38.1. The van der Waals surface area contributed by atoms with Crippen molar-refractivity contribution in [2.45, 2.75) is 19.4 Å². The van der Waals surface area contributed by atoms with Crippen molar-refractivity contribution in [2.75, 3.05) is 6.54 Å². The van der Waals surface area contributed by atoms with Gasteiger partial charge in [0.25, 0.3) is 17.4 Å². The lowest BCUT2D eigenvalue weighted by Gasteiger charge is -2.25. The number of Topliss-reactive ketones (excluding diaryl/α,β-unsaturated/α-hetero) is 1. The zero-order chi connectivity index (χ0) is 23.5. The number of benzene rings is 3. The number of non-ortho nitro benzene ring substituents is 1. The van der Waals surface area contributed by atoms with Crippen LogP contribution in [0, 0.1) is 17.0 Å². The first-order valence-electron chi connectivity index (χ1n) is 10.5. The monoisotopic (exact) mass is 442 g/mol. The van der Waals surface area contributed by atoms with Crippen LogP contribution in [0.1, 0.15) is 28.3 Å². The number of rotatable bonds is 6. The van der Waals surface area contributed by atoms with E-state index in [0.717, 1.165) is 11.1 Å². The third kappa shape index (κ3) is 4.39. The molecule has 7 heteroatoms. The van der Waals surface area contributed by atoms with E-state index in [2.05, 4.69) is 0 Å². The number of amides is 1. The molecule has 0 aromatic heterocycles. The largest absolute Gasteiger partial charge is 0.507 e. The first kappa shape index (κ1) is 22.0. The van der Waals surface area contributed by atoms with Gasteiger partial charge in [0.15, 0.2) is 0 Å². The Balaban J connectivity index is 1.79. The van der Waals surface area contributed by atoms with E-state index >= 15 is 0 Å². The highest BCUT2D eigenvalue weighted by molar-refractivity contribution is 6.46. The molecule has 4 rings (SSSR count). The molecule has 0 spiro atoms. The second kappa shape index (κ2) is 9.08. The van der Waals surface area contributed by atoms with E-state index in [0.29, 0.717) is 17.5 Å². The number of nitrogens with zero attached hydrogens (tertiary/aromatic N) is 2. The molecule has 1 aliphatic heterocycles. The minimum absolute atomic E-state index is 0.0224. The Morgan fingerprint density at radius 3 is 2.21 bits per heavy atom. The van der Waals surface area contributed by atoms with Crippen LogP contribution in [0.25, 0.3) is 5.76 Å². The van der Waals surface area contributed by atoms with Gasteiger partial charge in [-0.1, -0.05) is 60.2 Å². The maximum absolute atomic E-state index is 13.1. The third-order valence-electron chi connectivity index (χ3n) is 5.77. The molecule has 1 N–H and O–H groups in total. The summed E-state index contributed by atoms with van der Waals surface area (Å²) in [6.45, 7) is 2.16. The number of nitro groups is 1. The molecule has 7 nitrogen and oxygen atoms in total. The van der Waals surface area contributed by atoms with Crippen molar-refractivity contribution >= 4 is 23.1 Å². The van der Waals surface area contributed by atoms with E-state index in [1.807, 2.05) is 37.3 Å². The molecule has 1 saturated heterocycles. The second-order valence-corrected chi connectivity index (χ2v) is 7.94. The van der Waals surface area contributed by atoms with Gasteiger partial charge in [0.05, 0.1) is 16.5 Å². The quantitative estimate of drug-likeness (QED) is 0.198. The maximum atomic E-state index is 13.1. The lowest BCUT2D eigenvalue weighted by molar-refractivity contribution is -0.384. The summed E-state index contributed by atoms with van der Waals surface area (Å²) in [6.07, 6.45) is 0.516. The Bertz CT molecular complexity index is 1230. The number of aryl methyl sites for hydroxylation is 1. The smallest absolute Gasteiger partial charge is 0.295 e. The number of likely N-dealkylation sites (tertiary alicyclic amines) is 1. The average molecular weight is 442 g/mol. The number of aliphatic hydroxyl groups is 1. The van der Waals surface area contributed by atoms with Crippen LogP contribution < -0.4 is 0 Å². The Morgan fingerprint density at radius 1 is 0.970 bits per heavy atom. The fourth-order valence-electron chi connectivity index (χ4n) is 4.00. The fourth-order valence-corrected chi connectivity index (χ4v) is 4.00. The molecule has 166 valence electrons.